The van der Waals surface area contributed by atoms with Gasteiger partial charge in [-0.1, -0.05) is 47.5 Å². The number of hydrogen-bond donors (Lipinski definition) is 1. The van der Waals surface area contributed by atoms with Crippen molar-refractivity contribution in [2.75, 3.05) is 20.0 Å². The second kappa shape index (κ2) is 9.22. The van der Waals surface area contributed by atoms with E-state index in [1.165, 1.54) is 0 Å². The topological polar surface area (TPSA) is 87.6 Å². The van der Waals surface area contributed by atoms with E-state index in [4.69, 9.17) is 58.5 Å². The van der Waals surface area contributed by atoms with Crippen LogP contribution in [0.1, 0.15) is 32.4 Å². The van der Waals surface area contributed by atoms with Crippen LogP contribution < -0.4 is 19.5 Å². The zero-order chi connectivity index (χ0) is 22.8. The molecule has 1 aromatic rings. The molecule has 3 rings (SSSR count). The number of halogens is 3. The van der Waals surface area contributed by atoms with E-state index in [2.05, 4.69) is 16.9 Å². The Morgan fingerprint density at radius 3 is 2.55 bits per heavy atom. The molecular formula is C20H23Cl3N2O6. The van der Waals surface area contributed by atoms with E-state index < -0.39 is 27.6 Å². The Morgan fingerprint density at radius 1 is 1.26 bits per heavy atom. The number of nitrogens with zero attached hydrogens (tertiary/aromatic N) is 1. The van der Waals surface area contributed by atoms with Crippen molar-refractivity contribution in [2.24, 2.45) is 4.99 Å². The Hall–Kier alpha value is -2.03. The van der Waals surface area contributed by atoms with E-state index in [0.717, 1.165) is 0 Å². The van der Waals surface area contributed by atoms with Gasteiger partial charge in [-0.05, 0) is 26.8 Å². The fraction of sp³-hybridized carbons (Fsp3) is 0.500. The van der Waals surface area contributed by atoms with Gasteiger partial charge in [-0.25, -0.2) is 9.79 Å². The number of aliphatic imine (C=N–C) groups is 1. The van der Waals surface area contributed by atoms with Gasteiger partial charge >= 0.3 is 6.09 Å². The lowest BCUT2D eigenvalue weighted by Crippen LogP contribution is -2.48. The van der Waals surface area contributed by atoms with Crippen molar-refractivity contribution in [1.29, 1.82) is 0 Å². The summed E-state index contributed by atoms with van der Waals surface area (Å²) >= 11 is 18.0. The van der Waals surface area contributed by atoms with Gasteiger partial charge < -0.3 is 29.0 Å². The van der Waals surface area contributed by atoms with Crippen LogP contribution in [0.2, 0.25) is 0 Å². The summed E-state index contributed by atoms with van der Waals surface area (Å²) in [6.45, 7) is 9.27. The summed E-state index contributed by atoms with van der Waals surface area (Å²) in [6, 6.07) is 2.05. The number of ether oxygens (including phenoxy) is 5. The van der Waals surface area contributed by atoms with E-state index in [9.17, 15) is 4.79 Å². The number of amides is 1. The fourth-order valence-corrected chi connectivity index (χ4v) is 3.29. The molecule has 0 aromatic heterocycles. The minimum absolute atomic E-state index is 0.00794. The Labute approximate surface area is 195 Å². The predicted octanol–water partition coefficient (Wildman–Crippen LogP) is 4.71. The van der Waals surface area contributed by atoms with Crippen molar-refractivity contribution < 1.29 is 28.5 Å². The quantitative estimate of drug-likeness (QED) is 0.472. The zero-order valence-corrected chi connectivity index (χ0v) is 19.5. The molecule has 170 valence electrons. The van der Waals surface area contributed by atoms with Crippen molar-refractivity contribution in [3.63, 3.8) is 0 Å². The molecular weight excluding hydrogens is 471 g/mol. The molecule has 0 spiro atoms. The van der Waals surface area contributed by atoms with Crippen LogP contribution in [-0.2, 0) is 9.47 Å². The number of alkyl halides is 3. The van der Waals surface area contributed by atoms with Crippen LogP contribution in [0.3, 0.4) is 0 Å². The summed E-state index contributed by atoms with van der Waals surface area (Å²) in [5.41, 5.74) is -0.0971. The summed E-state index contributed by atoms with van der Waals surface area (Å²) in [5, 5.41) is 2.78. The van der Waals surface area contributed by atoms with Crippen LogP contribution in [0.5, 0.6) is 17.2 Å². The van der Waals surface area contributed by atoms with Crippen LogP contribution in [0.15, 0.2) is 29.8 Å². The lowest BCUT2D eigenvalue weighted by Gasteiger charge is -2.33. The predicted molar refractivity (Wildman–Crippen MR) is 118 cm³/mol. The molecule has 2 atom stereocenters. The number of carbonyl (C=O) groups is 1. The second-order valence-corrected chi connectivity index (χ2v) is 10.1. The van der Waals surface area contributed by atoms with E-state index in [0.29, 0.717) is 22.8 Å². The molecule has 0 unspecified atom stereocenters. The molecule has 2 heterocycles. The van der Waals surface area contributed by atoms with Crippen LogP contribution >= 0.6 is 34.8 Å². The maximum atomic E-state index is 12.4. The largest absolute Gasteiger partial charge is 0.489 e. The smallest absolute Gasteiger partial charge is 0.408 e. The van der Waals surface area contributed by atoms with Gasteiger partial charge in [0.25, 0.3) is 3.79 Å². The summed E-state index contributed by atoms with van der Waals surface area (Å²) in [6.07, 6.45) is 0.970. The highest BCUT2D eigenvalue weighted by molar-refractivity contribution is 6.76. The molecule has 31 heavy (non-hydrogen) atoms. The molecule has 0 saturated carbocycles. The van der Waals surface area contributed by atoms with Crippen LogP contribution in [0.4, 0.5) is 4.79 Å². The summed E-state index contributed by atoms with van der Waals surface area (Å²) in [5.74, 6) is 1.39. The summed E-state index contributed by atoms with van der Waals surface area (Å²) in [4.78, 5) is 16.9. The van der Waals surface area contributed by atoms with E-state index in [1.54, 1.807) is 39.0 Å². The molecule has 2 aliphatic heterocycles. The van der Waals surface area contributed by atoms with Crippen molar-refractivity contribution >= 4 is 46.8 Å². The highest BCUT2D eigenvalue weighted by Crippen LogP contribution is 2.44. The van der Waals surface area contributed by atoms with Crippen LogP contribution in [0, 0.1) is 0 Å². The standard InChI is InChI=1S/C20H23Cl3N2O6/c1-5-6-27-13-8-15-14(29-10-30-15)7-11(13)16-12(24-18(26)31-19(2,3)4)9-28-17(25-16)20(21,22)23/h5,7-8,12,16H,1,6,9-10H2,2-4H3,(H,24,26)/t12-,16+/m1/s1. The molecule has 1 amide bonds. The Balaban J connectivity index is 2.01. The molecule has 0 bridgehead atoms. The maximum Gasteiger partial charge on any atom is 0.408 e. The molecule has 0 saturated heterocycles. The van der Waals surface area contributed by atoms with Gasteiger partial charge in [0, 0.05) is 11.6 Å². The van der Waals surface area contributed by atoms with Crippen molar-refractivity contribution in [3.8, 4) is 17.2 Å². The zero-order valence-electron chi connectivity index (χ0n) is 17.2. The highest BCUT2D eigenvalue weighted by atomic mass is 35.6. The van der Waals surface area contributed by atoms with Gasteiger partial charge in [0.15, 0.2) is 11.5 Å². The summed E-state index contributed by atoms with van der Waals surface area (Å²) in [7, 11) is 0. The second-order valence-electron chi connectivity index (χ2n) is 7.78. The van der Waals surface area contributed by atoms with Gasteiger partial charge in [-0.2, -0.15) is 0 Å². The average Bonchev–Trinajstić information content (AvgIpc) is 3.10. The molecule has 0 aliphatic carbocycles. The van der Waals surface area contributed by atoms with Crippen molar-refractivity contribution in [3.05, 3.63) is 30.4 Å². The lowest BCUT2D eigenvalue weighted by molar-refractivity contribution is 0.0464. The molecule has 0 radical (unpaired) electrons. The van der Waals surface area contributed by atoms with Gasteiger partial charge in [-0.3, -0.25) is 0 Å². The number of alkyl carbamates (subject to hydrolysis) is 1. The third kappa shape index (κ3) is 6.02. The van der Waals surface area contributed by atoms with Crippen molar-refractivity contribution in [2.45, 2.75) is 42.2 Å². The number of carbonyl (C=O) groups excluding carboxylic acids is 1. The van der Waals surface area contributed by atoms with Gasteiger partial charge in [0.05, 0.1) is 6.04 Å². The molecule has 1 aromatic carbocycles. The molecule has 1 N–H and O–H groups in total. The first kappa shape index (κ1) is 23.6. The first-order valence-corrected chi connectivity index (χ1v) is 10.6. The first-order chi connectivity index (χ1) is 14.5. The van der Waals surface area contributed by atoms with E-state index in [-0.39, 0.29) is 25.9 Å². The van der Waals surface area contributed by atoms with E-state index >= 15 is 0 Å². The SMILES string of the molecule is C=CCOc1cc2c(cc1[C@@H]1N=C(C(Cl)(Cl)Cl)OC[C@H]1NC(=O)OC(C)(C)C)OCO2. The monoisotopic (exact) mass is 492 g/mol. The molecule has 2 aliphatic rings. The normalized spacial score (nSPS) is 20.4. The fourth-order valence-electron chi connectivity index (χ4n) is 2.98. The minimum Gasteiger partial charge on any atom is -0.489 e. The number of rotatable bonds is 5. The highest BCUT2D eigenvalue weighted by Gasteiger charge is 2.40. The van der Waals surface area contributed by atoms with Crippen molar-refractivity contribution in [1.82, 2.24) is 5.32 Å². The number of fused-ring (bicyclic) bond motifs is 1. The molecule has 11 heteroatoms. The third-order valence-corrected chi connectivity index (χ3v) is 4.65. The van der Waals surface area contributed by atoms with Crippen LogP contribution in [-0.4, -0.2) is 47.4 Å². The lowest BCUT2D eigenvalue weighted by atomic mass is 9.97. The third-order valence-electron chi connectivity index (χ3n) is 4.16. The van der Waals surface area contributed by atoms with Gasteiger partial charge in [0.1, 0.15) is 30.6 Å². The maximum absolute atomic E-state index is 12.4. The summed E-state index contributed by atoms with van der Waals surface area (Å²) < 4.78 is 25.8. The van der Waals surface area contributed by atoms with E-state index in [1.807, 2.05) is 0 Å². The molecule has 0 fully saturated rings. The number of hydrogen-bond acceptors (Lipinski definition) is 7. The minimum atomic E-state index is -1.88. The van der Waals surface area contributed by atoms with Gasteiger partial charge in [0.2, 0.25) is 12.7 Å². The number of benzene rings is 1. The average molecular weight is 494 g/mol. The first-order valence-electron chi connectivity index (χ1n) is 9.42. The Morgan fingerprint density at radius 2 is 1.94 bits per heavy atom. The Bertz CT molecular complexity index is 879. The molecule has 8 nitrogen and oxygen atoms in total. The van der Waals surface area contributed by atoms with Gasteiger partial charge in [-0.15, -0.1) is 0 Å². The number of nitrogens with one attached hydrogen (secondary N) is 1. The van der Waals surface area contributed by atoms with Crippen LogP contribution in [0.25, 0.3) is 0 Å². The Kier molecular flexibility index (Phi) is 7.03.